The van der Waals surface area contributed by atoms with Crippen molar-refractivity contribution in [1.82, 2.24) is 9.55 Å². The first kappa shape index (κ1) is 12.4. The van der Waals surface area contributed by atoms with Crippen molar-refractivity contribution in [1.29, 1.82) is 0 Å². The molecule has 0 atom stereocenters. The molecule has 0 saturated carbocycles. The lowest BCUT2D eigenvalue weighted by Crippen LogP contribution is -2.30. The highest BCUT2D eigenvalue weighted by atomic mass is 35.5. The van der Waals surface area contributed by atoms with Gasteiger partial charge in [-0.05, 0) is 23.8 Å². The number of benzene rings is 1. The zero-order chi connectivity index (χ0) is 13.3. The van der Waals surface area contributed by atoms with Gasteiger partial charge in [0.2, 0.25) is 0 Å². The molecule has 0 unspecified atom stereocenters. The fourth-order valence-electron chi connectivity index (χ4n) is 1.49. The molecule has 0 amide bonds. The lowest BCUT2D eigenvalue weighted by Gasteiger charge is -2.08. The molecule has 0 aliphatic heterocycles. The normalized spacial score (nSPS) is 10.6. The summed E-state index contributed by atoms with van der Waals surface area (Å²) in [5.74, 6) is -0.456. The van der Waals surface area contributed by atoms with Gasteiger partial charge < -0.3 is 5.73 Å². The maximum absolute atomic E-state index is 13.1. The minimum Gasteiger partial charge on any atom is -0.398 e. The number of aromatic nitrogens is 2. The van der Waals surface area contributed by atoms with E-state index in [4.69, 9.17) is 17.3 Å². The second-order valence-corrected chi connectivity index (χ2v) is 4.11. The van der Waals surface area contributed by atoms with Crippen molar-refractivity contribution in [3.63, 3.8) is 0 Å². The van der Waals surface area contributed by atoms with Gasteiger partial charge in [0.05, 0.1) is 6.54 Å². The number of aromatic amines is 1. The van der Waals surface area contributed by atoms with Gasteiger partial charge in [-0.2, -0.15) is 0 Å². The summed E-state index contributed by atoms with van der Waals surface area (Å²) in [7, 11) is 0. The van der Waals surface area contributed by atoms with Gasteiger partial charge in [-0.1, -0.05) is 11.6 Å². The number of rotatable bonds is 2. The quantitative estimate of drug-likeness (QED) is 0.797. The van der Waals surface area contributed by atoms with Crippen molar-refractivity contribution in [2.45, 2.75) is 6.54 Å². The molecule has 7 heteroatoms. The third-order valence-electron chi connectivity index (χ3n) is 2.41. The number of anilines is 1. The van der Waals surface area contributed by atoms with Gasteiger partial charge in [-0.25, -0.2) is 9.18 Å². The Hall–Kier alpha value is -2.08. The molecule has 94 valence electrons. The van der Waals surface area contributed by atoms with Gasteiger partial charge >= 0.3 is 5.69 Å². The van der Waals surface area contributed by atoms with E-state index in [1.165, 1.54) is 24.4 Å². The molecule has 0 fully saturated rings. The van der Waals surface area contributed by atoms with Crippen molar-refractivity contribution >= 4 is 17.3 Å². The van der Waals surface area contributed by atoms with E-state index < -0.39 is 17.1 Å². The highest BCUT2D eigenvalue weighted by Gasteiger charge is 2.06. The van der Waals surface area contributed by atoms with Crippen molar-refractivity contribution < 1.29 is 4.39 Å². The third-order valence-corrected chi connectivity index (χ3v) is 2.68. The van der Waals surface area contributed by atoms with Gasteiger partial charge in [-0.15, -0.1) is 0 Å². The fraction of sp³-hybridized carbons (Fsp3) is 0.0909. The van der Waals surface area contributed by atoms with Crippen molar-refractivity contribution in [2.24, 2.45) is 0 Å². The van der Waals surface area contributed by atoms with Gasteiger partial charge in [0.1, 0.15) is 10.8 Å². The van der Waals surface area contributed by atoms with Crippen LogP contribution in [0.1, 0.15) is 5.56 Å². The summed E-state index contributed by atoms with van der Waals surface area (Å²) < 4.78 is 14.2. The molecule has 0 aliphatic carbocycles. The van der Waals surface area contributed by atoms with Crippen LogP contribution < -0.4 is 17.0 Å². The topological polar surface area (TPSA) is 80.9 Å². The summed E-state index contributed by atoms with van der Waals surface area (Å²) in [5, 5.41) is -0.121. The second-order valence-electron chi connectivity index (χ2n) is 3.71. The average Bonchev–Trinajstić information content (AvgIpc) is 2.30. The molecule has 5 nitrogen and oxygen atoms in total. The molecule has 0 aliphatic rings. The first-order valence-electron chi connectivity index (χ1n) is 5.00. The SMILES string of the molecule is Nc1ccc(F)cc1Cn1cc(Cl)c(=O)[nH]c1=O. The lowest BCUT2D eigenvalue weighted by molar-refractivity contribution is 0.622. The van der Waals surface area contributed by atoms with Crippen LogP contribution in [-0.4, -0.2) is 9.55 Å². The molecule has 0 spiro atoms. The van der Waals surface area contributed by atoms with Crippen LogP contribution in [0.15, 0.2) is 34.0 Å². The van der Waals surface area contributed by atoms with E-state index in [9.17, 15) is 14.0 Å². The molecule has 18 heavy (non-hydrogen) atoms. The van der Waals surface area contributed by atoms with Crippen LogP contribution >= 0.6 is 11.6 Å². The van der Waals surface area contributed by atoms with Crippen LogP contribution in [0.25, 0.3) is 0 Å². The number of nitrogens with two attached hydrogens (primary N) is 1. The molecule has 0 bridgehead atoms. The van der Waals surface area contributed by atoms with E-state index in [2.05, 4.69) is 0 Å². The lowest BCUT2D eigenvalue weighted by atomic mass is 10.2. The number of halogens is 2. The Balaban J connectivity index is 2.46. The molecule has 2 aromatic rings. The predicted octanol–water partition coefficient (Wildman–Crippen LogP) is 0.960. The Morgan fingerprint density at radius 1 is 1.39 bits per heavy atom. The van der Waals surface area contributed by atoms with E-state index in [1.807, 2.05) is 4.98 Å². The number of nitrogen functional groups attached to an aromatic ring is 1. The first-order chi connectivity index (χ1) is 8.47. The Kier molecular flexibility index (Phi) is 3.20. The van der Waals surface area contributed by atoms with Gasteiger partial charge in [0, 0.05) is 11.9 Å². The van der Waals surface area contributed by atoms with Crippen molar-refractivity contribution in [3.8, 4) is 0 Å². The Morgan fingerprint density at radius 2 is 2.11 bits per heavy atom. The zero-order valence-corrected chi connectivity index (χ0v) is 9.87. The third kappa shape index (κ3) is 2.43. The second kappa shape index (κ2) is 4.66. The molecule has 2 rings (SSSR count). The predicted molar refractivity (Wildman–Crippen MR) is 66.2 cm³/mol. The first-order valence-corrected chi connectivity index (χ1v) is 5.38. The summed E-state index contributed by atoms with van der Waals surface area (Å²) in [6.45, 7) is 0.0267. The van der Waals surface area contributed by atoms with Gasteiger partial charge in [-0.3, -0.25) is 14.3 Å². The molecular formula is C11H9ClFN3O2. The highest BCUT2D eigenvalue weighted by molar-refractivity contribution is 6.30. The van der Waals surface area contributed by atoms with Crippen molar-refractivity contribution in [2.75, 3.05) is 5.73 Å². The molecule has 1 aromatic carbocycles. The minimum absolute atomic E-state index is 0.0267. The Morgan fingerprint density at radius 3 is 2.83 bits per heavy atom. The number of hydrogen-bond acceptors (Lipinski definition) is 3. The van der Waals surface area contributed by atoms with Crippen LogP contribution in [0.4, 0.5) is 10.1 Å². The van der Waals surface area contributed by atoms with E-state index in [-0.39, 0.29) is 11.6 Å². The standard InChI is InChI=1S/C11H9ClFN3O2/c12-8-5-16(11(18)15-10(8)17)4-6-3-7(13)1-2-9(6)14/h1-3,5H,4,14H2,(H,15,17,18). The Labute approximate surface area is 106 Å². The summed E-state index contributed by atoms with van der Waals surface area (Å²) in [4.78, 5) is 24.6. The van der Waals surface area contributed by atoms with Gasteiger partial charge in [0.15, 0.2) is 0 Å². The fourth-order valence-corrected chi connectivity index (χ4v) is 1.66. The average molecular weight is 270 g/mol. The monoisotopic (exact) mass is 269 g/mol. The van der Waals surface area contributed by atoms with Crippen LogP contribution in [0.3, 0.4) is 0 Å². The Bertz CT molecular complexity index is 708. The summed E-state index contributed by atoms with van der Waals surface area (Å²) in [6, 6.07) is 3.85. The number of nitrogens with one attached hydrogen (secondary N) is 1. The largest absolute Gasteiger partial charge is 0.398 e. The zero-order valence-electron chi connectivity index (χ0n) is 9.11. The number of nitrogens with zero attached hydrogens (tertiary/aromatic N) is 1. The van der Waals surface area contributed by atoms with E-state index in [1.54, 1.807) is 0 Å². The molecular weight excluding hydrogens is 261 g/mol. The van der Waals surface area contributed by atoms with Gasteiger partial charge in [0.25, 0.3) is 5.56 Å². The smallest absolute Gasteiger partial charge is 0.328 e. The minimum atomic E-state index is -0.662. The number of H-pyrrole nitrogens is 1. The van der Waals surface area contributed by atoms with Crippen LogP contribution in [0, 0.1) is 5.82 Å². The summed E-state index contributed by atoms with van der Waals surface area (Å²) in [6.07, 6.45) is 1.19. The molecule has 1 aromatic heterocycles. The summed E-state index contributed by atoms with van der Waals surface area (Å²) >= 11 is 5.61. The van der Waals surface area contributed by atoms with Crippen molar-refractivity contribution in [3.05, 3.63) is 61.6 Å². The molecule has 1 heterocycles. The van der Waals surface area contributed by atoms with E-state index in [0.717, 1.165) is 4.57 Å². The van der Waals surface area contributed by atoms with Crippen LogP contribution in [0.5, 0.6) is 0 Å². The highest BCUT2D eigenvalue weighted by Crippen LogP contribution is 2.14. The van der Waals surface area contributed by atoms with E-state index >= 15 is 0 Å². The van der Waals surface area contributed by atoms with E-state index in [0.29, 0.717) is 11.3 Å². The summed E-state index contributed by atoms with van der Waals surface area (Å²) in [5.41, 5.74) is 5.16. The molecule has 3 N–H and O–H groups in total. The molecule has 0 saturated heterocycles. The molecule has 0 radical (unpaired) electrons. The van der Waals surface area contributed by atoms with Crippen LogP contribution in [0.2, 0.25) is 5.02 Å². The maximum Gasteiger partial charge on any atom is 0.328 e. The number of hydrogen-bond donors (Lipinski definition) is 2. The maximum atomic E-state index is 13.1. The van der Waals surface area contributed by atoms with Crippen LogP contribution in [-0.2, 0) is 6.54 Å².